The maximum Gasteiger partial charge on any atom is 0.234 e. The van der Waals surface area contributed by atoms with Crippen LogP contribution in [-0.4, -0.2) is 31.4 Å². The van der Waals surface area contributed by atoms with E-state index in [1.54, 1.807) is 10.6 Å². The standard InChI is InChI=1S/C21H19ClN6OS/c1-12-7-9-14(10-8-12)24-17(29)11-30-21-25-20-18(13(2)26-27-20)19(23)28(21)16-6-4-3-5-15(16)22/h3-10,23H,11H2,1-2H3,(H,24,29)(H,26,27). The fourth-order valence-electron chi connectivity index (χ4n) is 3.05. The molecule has 2 aromatic heterocycles. The minimum atomic E-state index is -0.166. The van der Waals surface area contributed by atoms with Crippen molar-refractivity contribution in [3.05, 3.63) is 70.3 Å². The summed E-state index contributed by atoms with van der Waals surface area (Å²) in [5, 5.41) is 20.2. The third-order valence-electron chi connectivity index (χ3n) is 4.54. The van der Waals surface area contributed by atoms with Gasteiger partial charge in [0.05, 0.1) is 21.8 Å². The molecule has 0 spiro atoms. The molecule has 0 fully saturated rings. The number of rotatable bonds is 5. The molecular weight excluding hydrogens is 420 g/mol. The molecule has 2 aromatic carbocycles. The number of H-pyrrole nitrogens is 1. The van der Waals surface area contributed by atoms with Crippen LogP contribution in [0.4, 0.5) is 5.69 Å². The quantitative estimate of drug-likeness (QED) is 0.320. The van der Waals surface area contributed by atoms with Gasteiger partial charge >= 0.3 is 0 Å². The third-order valence-corrected chi connectivity index (χ3v) is 5.80. The number of nitrogens with zero attached hydrogens (tertiary/aromatic N) is 3. The van der Waals surface area contributed by atoms with E-state index in [1.165, 1.54) is 11.8 Å². The number of para-hydroxylation sites is 1. The molecule has 152 valence electrons. The van der Waals surface area contributed by atoms with Crippen LogP contribution in [-0.2, 0) is 4.79 Å². The summed E-state index contributed by atoms with van der Waals surface area (Å²) in [6, 6.07) is 14.9. The fraction of sp³-hybridized carbons (Fsp3) is 0.143. The number of amides is 1. The number of aromatic amines is 1. The summed E-state index contributed by atoms with van der Waals surface area (Å²) in [6.45, 7) is 3.83. The van der Waals surface area contributed by atoms with Crippen LogP contribution in [0.3, 0.4) is 0 Å². The van der Waals surface area contributed by atoms with Gasteiger partial charge in [-0.25, -0.2) is 4.98 Å². The van der Waals surface area contributed by atoms with E-state index in [2.05, 4.69) is 20.5 Å². The van der Waals surface area contributed by atoms with Crippen LogP contribution in [0.5, 0.6) is 0 Å². The summed E-state index contributed by atoms with van der Waals surface area (Å²) in [6.07, 6.45) is 0. The van der Waals surface area contributed by atoms with Crippen molar-refractivity contribution in [3.8, 4) is 5.69 Å². The summed E-state index contributed by atoms with van der Waals surface area (Å²) < 4.78 is 1.65. The lowest BCUT2D eigenvalue weighted by Gasteiger charge is -2.14. The Bertz CT molecular complexity index is 1300. The number of halogens is 1. The average Bonchev–Trinajstić information content (AvgIpc) is 3.10. The minimum Gasteiger partial charge on any atom is -0.325 e. The predicted octanol–water partition coefficient (Wildman–Crippen LogP) is 4.23. The van der Waals surface area contributed by atoms with E-state index >= 15 is 0 Å². The van der Waals surface area contributed by atoms with Crippen molar-refractivity contribution in [1.82, 2.24) is 19.7 Å². The fourth-order valence-corrected chi connectivity index (χ4v) is 4.07. The van der Waals surface area contributed by atoms with E-state index in [0.29, 0.717) is 26.9 Å². The van der Waals surface area contributed by atoms with Crippen LogP contribution in [0.2, 0.25) is 5.02 Å². The second-order valence-corrected chi connectivity index (χ2v) is 8.13. The summed E-state index contributed by atoms with van der Waals surface area (Å²) >= 11 is 7.63. The number of nitrogens with one attached hydrogen (secondary N) is 3. The minimum absolute atomic E-state index is 0.125. The molecule has 4 aromatic rings. The zero-order valence-corrected chi connectivity index (χ0v) is 17.9. The molecule has 0 aliphatic heterocycles. The van der Waals surface area contributed by atoms with Crippen molar-refractivity contribution in [2.45, 2.75) is 19.0 Å². The third kappa shape index (κ3) is 3.96. The first-order valence-electron chi connectivity index (χ1n) is 9.20. The number of fused-ring (bicyclic) bond motifs is 1. The van der Waals surface area contributed by atoms with Crippen LogP contribution in [0.15, 0.2) is 53.7 Å². The van der Waals surface area contributed by atoms with Gasteiger partial charge in [0.25, 0.3) is 0 Å². The van der Waals surface area contributed by atoms with E-state index in [0.717, 1.165) is 16.9 Å². The average molecular weight is 439 g/mol. The highest BCUT2D eigenvalue weighted by Gasteiger charge is 2.17. The number of thioether (sulfide) groups is 1. The van der Waals surface area contributed by atoms with Crippen molar-refractivity contribution in [3.63, 3.8) is 0 Å². The molecule has 1 amide bonds. The van der Waals surface area contributed by atoms with Crippen LogP contribution >= 0.6 is 23.4 Å². The number of hydrogen-bond acceptors (Lipinski definition) is 5. The molecule has 0 bridgehead atoms. The first kappa shape index (κ1) is 20.2. The van der Waals surface area contributed by atoms with Gasteiger partial charge in [0.2, 0.25) is 5.91 Å². The number of aryl methyl sites for hydroxylation is 2. The van der Waals surface area contributed by atoms with E-state index < -0.39 is 0 Å². The Morgan fingerprint density at radius 2 is 1.93 bits per heavy atom. The van der Waals surface area contributed by atoms with Gasteiger partial charge in [-0.1, -0.05) is 53.2 Å². The number of hydrogen-bond donors (Lipinski definition) is 3. The second kappa shape index (κ2) is 8.33. The van der Waals surface area contributed by atoms with E-state index in [1.807, 2.05) is 56.3 Å². The highest BCUT2D eigenvalue weighted by Crippen LogP contribution is 2.26. The molecule has 4 rings (SSSR count). The first-order chi connectivity index (χ1) is 14.4. The van der Waals surface area contributed by atoms with Gasteiger partial charge in [-0.3, -0.25) is 19.9 Å². The van der Waals surface area contributed by atoms with Crippen molar-refractivity contribution in [2.24, 2.45) is 0 Å². The Kier molecular flexibility index (Phi) is 5.61. The largest absolute Gasteiger partial charge is 0.325 e. The Balaban J connectivity index is 1.68. The Labute approximate surface area is 182 Å². The molecule has 0 saturated carbocycles. The summed E-state index contributed by atoms with van der Waals surface area (Å²) in [7, 11) is 0. The van der Waals surface area contributed by atoms with Gasteiger partial charge < -0.3 is 5.32 Å². The molecule has 30 heavy (non-hydrogen) atoms. The van der Waals surface area contributed by atoms with Crippen LogP contribution in [0, 0.1) is 19.3 Å². The molecule has 0 unspecified atom stereocenters. The van der Waals surface area contributed by atoms with E-state index in [-0.39, 0.29) is 17.1 Å². The number of aromatic nitrogens is 4. The molecule has 0 aliphatic rings. The predicted molar refractivity (Wildman–Crippen MR) is 119 cm³/mol. The normalized spacial score (nSPS) is 11.0. The lowest BCUT2D eigenvalue weighted by atomic mass is 10.2. The highest BCUT2D eigenvalue weighted by atomic mass is 35.5. The molecule has 2 heterocycles. The SMILES string of the molecule is Cc1ccc(NC(=O)CSc2nc3n[nH]c(C)c3c(=N)n2-c2ccccc2Cl)cc1. The number of carbonyl (C=O) groups excluding carboxylic acids is 1. The van der Waals surface area contributed by atoms with E-state index in [4.69, 9.17) is 17.0 Å². The summed E-state index contributed by atoms with van der Waals surface area (Å²) in [4.78, 5) is 17.1. The Hall–Kier alpha value is -3.10. The number of benzene rings is 2. The van der Waals surface area contributed by atoms with Crippen molar-refractivity contribution >= 4 is 46.0 Å². The molecule has 0 saturated heterocycles. The maximum atomic E-state index is 12.5. The highest BCUT2D eigenvalue weighted by molar-refractivity contribution is 7.99. The van der Waals surface area contributed by atoms with Gasteiger partial charge in [0, 0.05) is 11.4 Å². The van der Waals surface area contributed by atoms with Crippen molar-refractivity contribution < 1.29 is 4.79 Å². The molecule has 7 nitrogen and oxygen atoms in total. The Morgan fingerprint density at radius 3 is 2.67 bits per heavy atom. The van der Waals surface area contributed by atoms with Gasteiger partial charge in [0.15, 0.2) is 10.8 Å². The summed E-state index contributed by atoms with van der Waals surface area (Å²) in [5.74, 6) is -0.0409. The molecule has 0 atom stereocenters. The molecule has 0 aliphatic carbocycles. The second-order valence-electron chi connectivity index (χ2n) is 6.78. The Morgan fingerprint density at radius 1 is 1.20 bits per heavy atom. The maximum absolute atomic E-state index is 12.5. The summed E-state index contributed by atoms with van der Waals surface area (Å²) in [5.41, 5.74) is 3.87. The topological polar surface area (TPSA) is 99.5 Å². The molecule has 0 radical (unpaired) electrons. The van der Waals surface area contributed by atoms with Crippen LogP contribution in [0.25, 0.3) is 16.7 Å². The van der Waals surface area contributed by atoms with Gasteiger partial charge in [0.1, 0.15) is 5.49 Å². The number of carbonyl (C=O) groups is 1. The lowest BCUT2D eigenvalue weighted by Crippen LogP contribution is -2.23. The van der Waals surface area contributed by atoms with Crippen LogP contribution in [0.1, 0.15) is 11.3 Å². The monoisotopic (exact) mass is 438 g/mol. The van der Waals surface area contributed by atoms with Gasteiger partial charge in [-0.2, -0.15) is 5.10 Å². The van der Waals surface area contributed by atoms with Crippen molar-refractivity contribution in [2.75, 3.05) is 11.1 Å². The smallest absolute Gasteiger partial charge is 0.234 e. The number of anilines is 1. The molecule has 9 heteroatoms. The molecule has 3 N–H and O–H groups in total. The van der Waals surface area contributed by atoms with E-state index in [9.17, 15) is 4.79 Å². The van der Waals surface area contributed by atoms with Crippen molar-refractivity contribution in [1.29, 1.82) is 5.41 Å². The lowest BCUT2D eigenvalue weighted by molar-refractivity contribution is -0.113. The van der Waals surface area contributed by atoms with Crippen LogP contribution < -0.4 is 10.8 Å². The first-order valence-corrected chi connectivity index (χ1v) is 10.6. The zero-order chi connectivity index (χ0) is 21.3. The molecular formula is C21H19ClN6OS. The van der Waals surface area contributed by atoms with Gasteiger partial charge in [-0.05, 0) is 38.1 Å². The zero-order valence-electron chi connectivity index (χ0n) is 16.4. The van der Waals surface area contributed by atoms with Gasteiger partial charge in [-0.15, -0.1) is 0 Å².